The van der Waals surface area contributed by atoms with Crippen LogP contribution in [0.2, 0.25) is 0 Å². The zero-order chi connectivity index (χ0) is 19.7. The second kappa shape index (κ2) is 7.51. The summed E-state index contributed by atoms with van der Waals surface area (Å²) in [4.78, 5) is 20.4. The quantitative estimate of drug-likeness (QED) is 0.618. The minimum absolute atomic E-state index is 0.0893. The SMILES string of the molecule is CC(C)(C)c1ccc(C(=O)N2CCC(c3nc(-c4cccs4)no3)CC2)cc1. The van der Waals surface area contributed by atoms with Gasteiger partial charge in [0.1, 0.15) is 0 Å². The Balaban J connectivity index is 1.38. The average molecular weight is 396 g/mol. The molecule has 4 rings (SSSR count). The summed E-state index contributed by atoms with van der Waals surface area (Å²) in [5.74, 6) is 1.66. The van der Waals surface area contributed by atoms with Crippen molar-refractivity contribution in [2.75, 3.05) is 13.1 Å². The molecular formula is C22H25N3O2S. The minimum Gasteiger partial charge on any atom is -0.339 e. The van der Waals surface area contributed by atoms with Gasteiger partial charge in [-0.05, 0) is 47.4 Å². The maximum atomic E-state index is 12.8. The zero-order valence-corrected chi connectivity index (χ0v) is 17.3. The predicted molar refractivity (Wildman–Crippen MR) is 111 cm³/mol. The lowest BCUT2D eigenvalue weighted by atomic mass is 9.86. The van der Waals surface area contributed by atoms with E-state index in [1.54, 1.807) is 11.3 Å². The Hall–Kier alpha value is -2.47. The van der Waals surface area contributed by atoms with Gasteiger partial charge in [-0.15, -0.1) is 11.3 Å². The number of nitrogens with zero attached hydrogens (tertiary/aromatic N) is 3. The van der Waals surface area contributed by atoms with Crippen molar-refractivity contribution < 1.29 is 9.32 Å². The maximum Gasteiger partial charge on any atom is 0.253 e. The zero-order valence-electron chi connectivity index (χ0n) is 16.5. The molecule has 0 N–H and O–H groups in total. The third kappa shape index (κ3) is 3.87. The molecule has 146 valence electrons. The fourth-order valence-electron chi connectivity index (χ4n) is 3.53. The van der Waals surface area contributed by atoms with Gasteiger partial charge in [0.2, 0.25) is 11.7 Å². The number of hydrogen-bond acceptors (Lipinski definition) is 5. The largest absolute Gasteiger partial charge is 0.339 e. The van der Waals surface area contributed by atoms with Gasteiger partial charge in [0.25, 0.3) is 5.91 Å². The highest BCUT2D eigenvalue weighted by atomic mass is 32.1. The first kappa shape index (κ1) is 18.9. The summed E-state index contributed by atoms with van der Waals surface area (Å²) in [7, 11) is 0. The molecule has 28 heavy (non-hydrogen) atoms. The summed E-state index contributed by atoms with van der Waals surface area (Å²) in [6.07, 6.45) is 1.69. The monoisotopic (exact) mass is 395 g/mol. The Morgan fingerprint density at radius 3 is 2.46 bits per heavy atom. The molecule has 0 saturated carbocycles. The van der Waals surface area contributed by atoms with E-state index in [0.717, 1.165) is 23.3 Å². The van der Waals surface area contributed by atoms with Gasteiger partial charge < -0.3 is 9.42 Å². The van der Waals surface area contributed by atoms with Crippen LogP contribution in [0.5, 0.6) is 0 Å². The van der Waals surface area contributed by atoms with Crippen molar-refractivity contribution in [3.8, 4) is 10.7 Å². The van der Waals surface area contributed by atoms with Crippen LogP contribution in [0.1, 0.15) is 61.3 Å². The Bertz CT molecular complexity index is 931. The molecule has 3 heterocycles. The first-order chi connectivity index (χ1) is 13.4. The number of thiophene rings is 1. The van der Waals surface area contributed by atoms with Crippen LogP contribution < -0.4 is 0 Å². The van der Waals surface area contributed by atoms with E-state index in [-0.39, 0.29) is 17.2 Å². The topological polar surface area (TPSA) is 59.2 Å². The number of rotatable bonds is 3. The van der Waals surface area contributed by atoms with Crippen LogP contribution >= 0.6 is 11.3 Å². The fourth-order valence-corrected chi connectivity index (χ4v) is 4.18. The van der Waals surface area contributed by atoms with E-state index in [1.165, 1.54) is 5.56 Å². The minimum atomic E-state index is 0.0893. The summed E-state index contributed by atoms with van der Waals surface area (Å²) >= 11 is 1.60. The van der Waals surface area contributed by atoms with Gasteiger partial charge in [0.05, 0.1) is 4.88 Å². The summed E-state index contributed by atoms with van der Waals surface area (Å²) in [6, 6.07) is 12.0. The molecule has 5 nitrogen and oxygen atoms in total. The molecule has 1 aliphatic rings. The normalized spacial score (nSPS) is 15.8. The van der Waals surface area contributed by atoms with Crippen molar-refractivity contribution in [3.05, 3.63) is 58.8 Å². The molecule has 6 heteroatoms. The number of hydrogen-bond donors (Lipinski definition) is 0. The summed E-state index contributed by atoms with van der Waals surface area (Å²) in [5, 5.41) is 6.11. The van der Waals surface area contributed by atoms with Gasteiger partial charge in [0.15, 0.2) is 0 Å². The van der Waals surface area contributed by atoms with E-state index in [0.29, 0.717) is 24.8 Å². The molecule has 0 unspecified atom stereocenters. The van der Waals surface area contributed by atoms with Gasteiger partial charge in [-0.3, -0.25) is 4.79 Å². The number of carbonyl (C=O) groups is 1. The molecule has 1 fully saturated rings. The van der Waals surface area contributed by atoms with Crippen LogP contribution in [-0.2, 0) is 5.41 Å². The van der Waals surface area contributed by atoms with Crippen molar-refractivity contribution in [1.82, 2.24) is 15.0 Å². The van der Waals surface area contributed by atoms with E-state index < -0.39 is 0 Å². The maximum absolute atomic E-state index is 12.8. The summed E-state index contributed by atoms with van der Waals surface area (Å²) < 4.78 is 5.50. The van der Waals surface area contributed by atoms with Crippen molar-refractivity contribution in [2.24, 2.45) is 0 Å². The molecule has 0 spiro atoms. The smallest absolute Gasteiger partial charge is 0.253 e. The van der Waals surface area contributed by atoms with Crippen LogP contribution in [-0.4, -0.2) is 34.0 Å². The molecule has 0 aliphatic carbocycles. The third-order valence-electron chi connectivity index (χ3n) is 5.31. The lowest BCUT2D eigenvalue weighted by Crippen LogP contribution is -2.38. The number of likely N-dealkylation sites (tertiary alicyclic amines) is 1. The molecule has 2 aromatic heterocycles. The predicted octanol–water partition coefficient (Wildman–Crippen LogP) is 5.12. The van der Waals surface area contributed by atoms with E-state index >= 15 is 0 Å². The van der Waals surface area contributed by atoms with Gasteiger partial charge in [-0.1, -0.05) is 44.1 Å². The fraction of sp³-hybridized carbons (Fsp3) is 0.409. The Labute approximate surface area is 169 Å². The van der Waals surface area contributed by atoms with Gasteiger partial charge in [0, 0.05) is 24.6 Å². The van der Waals surface area contributed by atoms with Crippen molar-refractivity contribution in [1.29, 1.82) is 0 Å². The molecule has 1 amide bonds. The first-order valence-corrected chi connectivity index (χ1v) is 10.6. The highest BCUT2D eigenvalue weighted by Crippen LogP contribution is 2.30. The standard InChI is InChI=1S/C22H25N3O2S/c1-22(2,3)17-8-6-16(7-9-17)21(26)25-12-10-15(11-13-25)20-23-19(24-27-20)18-5-4-14-28-18/h4-9,14-15H,10-13H2,1-3H3. The average Bonchev–Trinajstić information content (AvgIpc) is 3.38. The summed E-state index contributed by atoms with van der Waals surface area (Å²) in [6.45, 7) is 7.95. The molecule has 0 radical (unpaired) electrons. The van der Waals surface area contributed by atoms with Crippen LogP contribution in [0.3, 0.4) is 0 Å². The van der Waals surface area contributed by atoms with Crippen molar-refractivity contribution in [3.63, 3.8) is 0 Å². The van der Waals surface area contributed by atoms with Gasteiger partial charge >= 0.3 is 0 Å². The molecule has 1 aromatic carbocycles. The van der Waals surface area contributed by atoms with Gasteiger partial charge in [-0.2, -0.15) is 4.98 Å². The van der Waals surface area contributed by atoms with E-state index in [9.17, 15) is 4.79 Å². The van der Waals surface area contributed by atoms with Crippen LogP contribution in [0.4, 0.5) is 0 Å². The van der Waals surface area contributed by atoms with Crippen LogP contribution in [0, 0.1) is 0 Å². The lowest BCUT2D eigenvalue weighted by Gasteiger charge is -2.30. The second-order valence-corrected chi connectivity index (χ2v) is 9.28. The molecular weight excluding hydrogens is 370 g/mol. The molecule has 3 aromatic rings. The Morgan fingerprint density at radius 1 is 1.14 bits per heavy atom. The lowest BCUT2D eigenvalue weighted by molar-refractivity contribution is 0.0704. The Kier molecular flexibility index (Phi) is 5.06. The van der Waals surface area contributed by atoms with E-state index in [1.807, 2.05) is 34.5 Å². The molecule has 0 atom stereocenters. The summed E-state index contributed by atoms with van der Waals surface area (Å²) in [5.41, 5.74) is 2.08. The molecule has 1 aliphatic heterocycles. The van der Waals surface area contributed by atoms with Crippen molar-refractivity contribution in [2.45, 2.75) is 44.9 Å². The first-order valence-electron chi connectivity index (χ1n) is 9.69. The molecule has 0 bridgehead atoms. The Morgan fingerprint density at radius 2 is 1.86 bits per heavy atom. The highest BCUT2D eigenvalue weighted by Gasteiger charge is 2.28. The third-order valence-corrected chi connectivity index (χ3v) is 6.18. The second-order valence-electron chi connectivity index (χ2n) is 8.33. The van der Waals surface area contributed by atoms with Gasteiger partial charge in [-0.25, -0.2) is 0 Å². The number of benzene rings is 1. The number of carbonyl (C=O) groups excluding carboxylic acids is 1. The van der Waals surface area contributed by atoms with E-state index in [4.69, 9.17) is 4.52 Å². The number of amides is 1. The number of piperidine rings is 1. The van der Waals surface area contributed by atoms with Crippen molar-refractivity contribution >= 4 is 17.2 Å². The number of aromatic nitrogens is 2. The van der Waals surface area contributed by atoms with E-state index in [2.05, 4.69) is 43.0 Å². The van der Waals surface area contributed by atoms with Crippen LogP contribution in [0.15, 0.2) is 46.3 Å². The molecule has 1 saturated heterocycles. The van der Waals surface area contributed by atoms with Crippen LogP contribution in [0.25, 0.3) is 10.7 Å². The highest BCUT2D eigenvalue weighted by molar-refractivity contribution is 7.13.